The molecule has 3 saturated heterocycles. The maximum Gasteiger partial charge on any atom is 0.425 e. The van der Waals surface area contributed by atoms with Crippen molar-refractivity contribution in [2.24, 2.45) is 29.5 Å². The number of aliphatic hydroxyl groups excluding tert-OH is 2. The van der Waals surface area contributed by atoms with Crippen molar-refractivity contribution in [2.45, 2.75) is 135 Å². The van der Waals surface area contributed by atoms with E-state index in [2.05, 4.69) is 0 Å². The molecule has 0 aromatic carbocycles. The van der Waals surface area contributed by atoms with Gasteiger partial charge in [-0.3, -0.25) is 9.59 Å². The van der Waals surface area contributed by atoms with E-state index in [1.807, 2.05) is 25.9 Å². The molecule has 3 rings (SSSR count). The van der Waals surface area contributed by atoms with E-state index in [4.69, 9.17) is 29.5 Å². The third-order valence-electron chi connectivity index (χ3n) is 10.3. The zero-order valence-electron chi connectivity index (χ0n) is 28.8. The fourth-order valence-corrected chi connectivity index (χ4v) is 7.56. The third kappa shape index (κ3) is 8.07. The Morgan fingerprint density at radius 1 is 1.04 bits per heavy atom. The molecule has 0 aromatic rings. The van der Waals surface area contributed by atoms with E-state index < -0.39 is 83.7 Å². The van der Waals surface area contributed by atoms with Gasteiger partial charge in [0.2, 0.25) is 0 Å². The summed E-state index contributed by atoms with van der Waals surface area (Å²) in [6, 6.07) is -1.18. The molecule has 14 heteroatoms. The van der Waals surface area contributed by atoms with E-state index in [-0.39, 0.29) is 74.8 Å². The van der Waals surface area contributed by atoms with Crippen LogP contribution < -0.4 is 5.84 Å². The zero-order valence-corrected chi connectivity index (χ0v) is 33.5. The number of ether oxygens (including phenoxy) is 5. The molecule has 14 atom stereocenters. The van der Waals surface area contributed by atoms with Gasteiger partial charge in [-0.25, -0.2) is 15.6 Å². The van der Waals surface area contributed by atoms with E-state index in [9.17, 15) is 24.6 Å². The molecule has 0 bridgehead atoms. The molecule has 0 spiro atoms. The number of carbonyl (C=O) groups excluding carboxylic acids is 3. The number of hydrazine groups is 1. The molecule has 4 N–H and O–H groups in total. The van der Waals surface area contributed by atoms with Crippen LogP contribution in [0.1, 0.15) is 74.7 Å². The minimum Gasteiger partial charge on any atom is -0.458 e. The fourth-order valence-electron chi connectivity index (χ4n) is 7.56. The smallest absolute Gasteiger partial charge is 0.425 e. The first-order valence-corrected chi connectivity index (χ1v) is 15.7. The summed E-state index contributed by atoms with van der Waals surface area (Å²) in [7, 11) is 5.24. The molecule has 3 heterocycles. The summed E-state index contributed by atoms with van der Waals surface area (Å²) in [5.41, 5.74) is -2.62. The van der Waals surface area contributed by atoms with Gasteiger partial charge in [0.15, 0.2) is 11.9 Å². The summed E-state index contributed by atoms with van der Waals surface area (Å²) in [4.78, 5) is 42.3. The van der Waals surface area contributed by atoms with Crippen molar-refractivity contribution in [1.82, 2.24) is 9.91 Å². The number of methoxy groups -OCH3 is 1. The van der Waals surface area contributed by atoms with Crippen LogP contribution in [0.25, 0.3) is 0 Å². The van der Waals surface area contributed by atoms with Gasteiger partial charge in [-0.2, -0.15) is 0 Å². The van der Waals surface area contributed by atoms with Gasteiger partial charge in [0, 0.05) is 75.0 Å². The minimum absolute atomic E-state index is 0. The van der Waals surface area contributed by atoms with E-state index >= 15 is 0 Å². The van der Waals surface area contributed by atoms with E-state index in [1.165, 1.54) is 7.11 Å². The van der Waals surface area contributed by atoms with Gasteiger partial charge in [-0.15, -0.1) is 0 Å². The number of ketones is 1. The number of fused-ring (bicyclic) bond motifs is 1. The van der Waals surface area contributed by atoms with Crippen LogP contribution in [-0.2, 0) is 33.3 Å². The van der Waals surface area contributed by atoms with Gasteiger partial charge >= 0.3 is 12.1 Å². The minimum atomic E-state index is -1.42. The predicted molar refractivity (Wildman–Crippen MR) is 160 cm³/mol. The van der Waals surface area contributed by atoms with Crippen LogP contribution in [0.15, 0.2) is 0 Å². The molecule has 0 aliphatic carbocycles. The molecular weight excluding hydrogens is 801 g/mol. The molecule has 1 radical (unpaired) electrons. The largest absolute Gasteiger partial charge is 0.458 e. The number of nitrogens with zero attached hydrogens (tertiary/aromatic N) is 2. The summed E-state index contributed by atoms with van der Waals surface area (Å²) >= 11 is 0. The Kier molecular flexibility index (Phi) is 14.4. The normalized spacial score (nSPS) is 45.3. The summed E-state index contributed by atoms with van der Waals surface area (Å²) in [6.07, 6.45) is -5.28. The van der Waals surface area contributed by atoms with Crippen LogP contribution in [0.2, 0.25) is 0 Å². The number of hydrogen-bond donors (Lipinski definition) is 3. The number of aliphatic hydroxyl groups is 2. The number of cyclic esters (lactones) is 1. The van der Waals surface area contributed by atoms with Crippen molar-refractivity contribution in [3.05, 3.63) is 0 Å². The Hall–Kier alpha value is -0.428. The van der Waals surface area contributed by atoms with Crippen LogP contribution >= 0.6 is 0 Å². The molecular formula is C31H55AcN3O10. The van der Waals surface area contributed by atoms with Crippen LogP contribution in [0.4, 0.5) is 4.79 Å². The molecule has 1 amide bonds. The number of rotatable bonds is 5. The Labute approximate surface area is 303 Å². The third-order valence-corrected chi connectivity index (χ3v) is 10.3. The number of Topliss-reactive ketones (excluding diaryl/α,β-unsaturated/α-hetero) is 1. The maximum atomic E-state index is 14.0. The van der Waals surface area contributed by atoms with E-state index in [0.29, 0.717) is 6.42 Å². The van der Waals surface area contributed by atoms with Gasteiger partial charge in [0.25, 0.3) is 0 Å². The second kappa shape index (κ2) is 15.9. The summed E-state index contributed by atoms with van der Waals surface area (Å²) in [6.45, 7) is 13.8. The topological polar surface area (TPSA) is 170 Å². The quantitative estimate of drug-likeness (QED) is 0.209. The number of hydrogen-bond acceptors (Lipinski definition) is 12. The summed E-state index contributed by atoms with van der Waals surface area (Å²) in [5.74, 6) is 2.08. The monoisotopic (exact) mass is 856 g/mol. The Morgan fingerprint density at radius 2 is 1.64 bits per heavy atom. The van der Waals surface area contributed by atoms with Gasteiger partial charge < -0.3 is 38.8 Å². The Bertz CT molecular complexity index is 1050. The average Bonchev–Trinajstić information content (AvgIpc) is 3.20. The fraction of sp³-hybridized carbons (Fsp3) is 0.903. The molecule has 0 saturated carbocycles. The first-order chi connectivity index (χ1) is 20.3. The van der Waals surface area contributed by atoms with Crippen LogP contribution in [0.3, 0.4) is 0 Å². The second-order valence-electron chi connectivity index (χ2n) is 13.8. The van der Waals surface area contributed by atoms with Crippen molar-refractivity contribution in [3.8, 4) is 0 Å². The molecule has 45 heavy (non-hydrogen) atoms. The molecule has 257 valence electrons. The van der Waals surface area contributed by atoms with Gasteiger partial charge in [0.05, 0.1) is 29.8 Å². The van der Waals surface area contributed by atoms with Crippen molar-refractivity contribution in [1.29, 1.82) is 0 Å². The second-order valence-corrected chi connectivity index (χ2v) is 13.8. The molecule has 3 aliphatic heterocycles. The van der Waals surface area contributed by atoms with Crippen molar-refractivity contribution in [2.75, 3.05) is 21.2 Å². The van der Waals surface area contributed by atoms with Gasteiger partial charge in [0.1, 0.15) is 24.0 Å². The number of amides is 1. The molecule has 13 nitrogen and oxygen atoms in total. The summed E-state index contributed by atoms with van der Waals surface area (Å²) < 4.78 is 30.3. The van der Waals surface area contributed by atoms with Crippen molar-refractivity contribution in [3.63, 3.8) is 0 Å². The maximum absolute atomic E-state index is 14.0. The molecule has 3 fully saturated rings. The SMILES string of the molecule is CC[C@H]1OC(=O)C(C)C(O)C(C)C(OC2OC(C)CC(N(C)C)C2O)C(C)(OC)CC(C)C(=O)C(C)C2N(N)C(=O)OC21C.[Ac]. The number of likely N-dealkylation sites (N-methyl/N-ethyl adjacent to an activating group) is 1. The summed E-state index contributed by atoms with van der Waals surface area (Å²) in [5, 5.41) is 23.8. The van der Waals surface area contributed by atoms with Gasteiger partial charge in [-0.1, -0.05) is 27.7 Å². The predicted octanol–water partition coefficient (Wildman–Crippen LogP) is 1.86. The molecule has 0 aromatic heterocycles. The van der Waals surface area contributed by atoms with Gasteiger partial charge in [-0.05, 0) is 61.1 Å². The molecule has 13 unspecified atom stereocenters. The van der Waals surface area contributed by atoms with Crippen molar-refractivity contribution < 1.29 is 92.3 Å². The number of esters is 1. The number of carbonyl (C=O) groups is 3. The van der Waals surface area contributed by atoms with Crippen LogP contribution in [0, 0.1) is 67.7 Å². The standard InChI is InChI=1S/C31H55N3O10.Ac/c1-12-21-31(8)25(34(32)29(39)44-31)17(4)22(35)15(2)14-30(7,40-11)26(18(5)23(36)19(6)27(38)42-21)43-28-24(37)20(33(9)10)13-16(3)41-28;/h15-21,23-26,28,36-37H,12-14,32H2,1-11H3;/t15?,16?,17?,18?,19?,20?,21-,23?,24?,25?,26?,28?,30?,31?;/m1./s1. The number of nitrogens with two attached hydrogens (primary N) is 1. The first-order valence-electron chi connectivity index (χ1n) is 15.7. The van der Waals surface area contributed by atoms with Crippen LogP contribution in [0.5, 0.6) is 0 Å². The van der Waals surface area contributed by atoms with Crippen molar-refractivity contribution >= 4 is 17.8 Å². The van der Waals surface area contributed by atoms with E-state index in [0.717, 1.165) is 5.01 Å². The Balaban J connectivity index is 0.00000705. The molecule has 3 aliphatic rings. The first kappa shape index (κ1) is 40.7. The van der Waals surface area contributed by atoms with E-state index in [1.54, 1.807) is 48.5 Å². The van der Waals surface area contributed by atoms with Crippen LogP contribution in [-0.4, -0.2) is 119 Å². The zero-order chi connectivity index (χ0) is 33.5. The average molecular weight is 857 g/mol. The Morgan fingerprint density at radius 3 is 2.18 bits per heavy atom.